The number of nitrogens with zero attached hydrogens (tertiary/aromatic N) is 4. The summed E-state index contributed by atoms with van der Waals surface area (Å²) < 4.78 is 43.7. The van der Waals surface area contributed by atoms with Gasteiger partial charge >= 0.3 is 6.08 Å². The van der Waals surface area contributed by atoms with Crippen LogP contribution in [0, 0.1) is 17.7 Å². The summed E-state index contributed by atoms with van der Waals surface area (Å²) in [6.07, 6.45) is 0.361. The molecule has 0 saturated carbocycles. The topological polar surface area (TPSA) is 32.3 Å². The van der Waals surface area contributed by atoms with Crippen molar-refractivity contribution in [2.24, 2.45) is 0 Å². The zero-order valence-electron chi connectivity index (χ0n) is 17.3. The second kappa shape index (κ2) is 7.64. The van der Waals surface area contributed by atoms with Crippen LogP contribution in [0.4, 0.5) is 19.0 Å². The van der Waals surface area contributed by atoms with Crippen LogP contribution in [0.2, 0.25) is 0 Å². The van der Waals surface area contributed by atoms with Gasteiger partial charge in [-0.1, -0.05) is 43.8 Å². The van der Waals surface area contributed by atoms with E-state index in [9.17, 15) is 13.2 Å². The minimum atomic E-state index is -1.01. The van der Waals surface area contributed by atoms with Gasteiger partial charge in [-0.3, -0.25) is 4.90 Å². The number of aromatic nitrogens is 2. The molecule has 0 bridgehead atoms. The first-order valence-electron chi connectivity index (χ1n) is 10.5. The minimum absolute atomic E-state index is 0.0774. The van der Waals surface area contributed by atoms with Crippen LogP contribution in [0.5, 0.6) is 0 Å². The van der Waals surface area contributed by atoms with E-state index in [0.717, 1.165) is 19.0 Å². The van der Waals surface area contributed by atoms with E-state index in [1.165, 1.54) is 5.56 Å². The quantitative estimate of drug-likeness (QED) is 0.558. The van der Waals surface area contributed by atoms with Gasteiger partial charge in [0, 0.05) is 43.3 Å². The Morgan fingerprint density at radius 1 is 1.06 bits per heavy atom. The lowest BCUT2D eigenvalue weighted by Crippen LogP contribution is -2.58. The smallest absolute Gasteiger partial charge is 0.311 e. The predicted octanol–water partition coefficient (Wildman–Crippen LogP) is 4.93. The lowest BCUT2D eigenvalue weighted by atomic mass is 9.96. The monoisotopic (exact) mass is 424 g/mol. The molecule has 2 aromatic carbocycles. The minimum Gasteiger partial charge on any atom is -0.350 e. The first-order chi connectivity index (χ1) is 15.0. The summed E-state index contributed by atoms with van der Waals surface area (Å²) in [5.41, 5.74) is 1.78. The molecule has 1 fully saturated rings. The molecule has 160 valence electrons. The molecule has 2 atom stereocenters. The number of hydrogen-bond acceptors (Lipinski definition) is 4. The molecule has 7 heteroatoms. The Hall–Kier alpha value is -2.93. The van der Waals surface area contributed by atoms with Crippen LogP contribution in [0.1, 0.15) is 30.9 Å². The zero-order valence-corrected chi connectivity index (χ0v) is 17.3. The zero-order chi connectivity index (χ0) is 21.7. The Kier molecular flexibility index (Phi) is 4.93. The highest BCUT2D eigenvalue weighted by Crippen LogP contribution is 2.42. The number of benzene rings is 2. The highest BCUT2D eigenvalue weighted by atomic mass is 19.1. The third kappa shape index (κ3) is 3.37. The van der Waals surface area contributed by atoms with E-state index in [-0.39, 0.29) is 34.4 Å². The summed E-state index contributed by atoms with van der Waals surface area (Å²) in [7, 11) is 0. The van der Waals surface area contributed by atoms with Gasteiger partial charge in [-0.2, -0.15) is 14.4 Å². The van der Waals surface area contributed by atoms with Crippen molar-refractivity contribution in [3.05, 3.63) is 71.8 Å². The van der Waals surface area contributed by atoms with Gasteiger partial charge in [0.15, 0.2) is 5.82 Å². The molecule has 0 aliphatic carbocycles. The van der Waals surface area contributed by atoms with Crippen LogP contribution in [-0.4, -0.2) is 40.0 Å². The summed E-state index contributed by atoms with van der Waals surface area (Å²) in [5, 5.41) is 0.220. The molecule has 31 heavy (non-hydrogen) atoms. The molecule has 2 aliphatic rings. The molecule has 2 aliphatic heterocycles. The molecule has 1 aromatic heterocycles. The van der Waals surface area contributed by atoms with Gasteiger partial charge in [0.25, 0.3) is 0 Å². The first kappa shape index (κ1) is 20.0. The van der Waals surface area contributed by atoms with E-state index >= 15 is 0 Å². The fourth-order valence-electron chi connectivity index (χ4n) is 4.98. The number of fused-ring (bicyclic) bond motifs is 2. The van der Waals surface area contributed by atoms with Crippen LogP contribution in [-0.2, 0) is 6.54 Å². The average Bonchev–Trinajstić information content (AvgIpc) is 2.86. The van der Waals surface area contributed by atoms with Crippen molar-refractivity contribution >= 4 is 22.3 Å². The van der Waals surface area contributed by atoms with Crippen LogP contribution in [0.3, 0.4) is 0 Å². The SMILES string of the molecule is C=C1C[C@@H]2CN(Cc3ccccc3)[C@H](CC)CN2c2nc(F)nc3c(F)cc(F)c1c23. The molecule has 0 radical (unpaired) electrons. The highest BCUT2D eigenvalue weighted by molar-refractivity contribution is 6.00. The third-order valence-corrected chi connectivity index (χ3v) is 6.45. The molecule has 3 aromatic rings. The first-order valence-corrected chi connectivity index (χ1v) is 10.5. The van der Waals surface area contributed by atoms with Crippen molar-refractivity contribution in [3.63, 3.8) is 0 Å². The number of hydrogen-bond donors (Lipinski definition) is 0. The molecular weight excluding hydrogens is 401 g/mol. The largest absolute Gasteiger partial charge is 0.350 e. The van der Waals surface area contributed by atoms with E-state index < -0.39 is 17.7 Å². The van der Waals surface area contributed by atoms with Crippen molar-refractivity contribution in [2.45, 2.75) is 38.4 Å². The second-order valence-corrected chi connectivity index (χ2v) is 8.35. The van der Waals surface area contributed by atoms with Crippen LogP contribution >= 0.6 is 0 Å². The number of halogens is 3. The summed E-state index contributed by atoms with van der Waals surface area (Å²) in [4.78, 5) is 12.1. The van der Waals surface area contributed by atoms with E-state index in [1.807, 2.05) is 23.1 Å². The molecule has 5 rings (SSSR count). The maximum atomic E-state index is 14.8. The number of anilines is 1. The summed E-state index contributed by atoms with van der Waals surface area (Å²) in [6, 6.07) is 11.1. The molecule has 0 amide bonds. The van der Waals surface area contributed by atoms with Gasteiger partial charge in [0.05, 0.1) is 5.39 Å². The van der Waals surface area contributed by atoms with Crippen molar-refractivity contribution in [2.75, 3.05) is 18.0 Å². The molecule has 4 nitrogen and oxygen atoms in total. The van der Waals surface area contributed by atoms with Gasteiger partial charge in [0.2, 0.25) is 0 Å². The Labute approximate surface area is 179 Å². The summed E-state index contributed by atoms with van der Waals surface area (Å²) in [5.74, 6) is -1.34. The van der Waals surface area contributed by atoms with E-state index in [4.69, 9.17) is 0 Å². The lowest BCUT2D eigenvalue weighted by Gasteiger charge is -2.46. The lowest BCUT2D eigenvalue weighted by molar-refractivity contribution is 0.139. The van der Waals surface area contributed by atoms with E-state index in [0.29, 0.717) is 25.1 Å². The van der Waals surface area contributed by atoms with Gasteiger partial charge in [-0.05, 0) is 24.0 Å². The normalized spacial score (nSPS) is 21.3. The predicted molar refractivity (Wildman–Crippen MR) is 115 cm³/mol. The fourth-order valence-corrected chi connectivity index (χ4v) is 4.98. The number of rotatable bonds is 3. The van der Waals surface area contributed by atoms with Crippen molar-refractivity contribution in [1.29, 1.82) is 0 Å². The van der Waals surface area contributed by atoms with Gasteiger partial charge in [-0.15, -0.1) is 0 Å². The Balaban J connectivity index is 1.61. The van der Waals surface area contributed by atoms with Gasteiger partial charge in [0.1, 0.15) is 17.2 Å². The highest BCUT2D eigenvalue weighted by Gasteiger charge is 2.38. The average molecular weight is 424 g/mol. The molecule has 1 saturated heterocycles. The molecule has 0 unspecified atom stereocenters. The number of piperazine rings is 1. The third-order valence-electron chi connectivity index (χ3n) is 6.45. The Morgan fingerprint density at radius 2 is 1.84 bits per heavy atom. The standard InChI is InChI=1S/C24H23F3N4/c1-3-16-13-31-17(12-30(16)11-15-7-5-4-6-8-15)9-14(2)20-18(25)10-19(26)22-21(20)23(31)29-24(27)28-22/h4-8,10,16-17H,2-3,9,11-13H2,1H3/t16-,17-/m1/s1. The van der Waals surface area contributed by atoms with Gasteiger partial charge in [-0.25, -0.2) is 8.78 Å². The fraction of sp³-hybridized carbons (Fsp3) is 0.333. The van der Waals surface area contributed by atoms with Crippen molar-refractivity contribution < 1.29 is 13.2 Å². The summed E-state index contributed by atoms with van der Waals surface area (Å²) >= 11 is 0. The molecule has 0 N–H and O–H groups in total. The van der Waals surface area contributed by atoms with Crippen LogP contribution in [0.25, 0.3) is 16.5 Å². The Morgan fingerprint density at radius 3 is 2.58 bits per heavy atom. The Bertz CT molecular complexity index is 1160. The summed E-state index contributed by atoms with van der Waals surface area (Å²) in [6.45, 7) is 8.28. The van der Waals surface area contributed by atoms with Gasteiger partial charge < -0.3 is 4.90 Å². The van der Waals surface area contributed by atoms with Crippen LogP contribution in [0.15, 0.2) is 43.0 Å². The second-order valence-electron chi connectivity index (χ2n) is 8.35. The molecule has 0 spiro atoms. The maximum Gasteiger partial charge on any atom is 0.311 e. The van der Waals surface area contributed by atoms with E-state index in [1.54, 1.807) is 0 Å². The molecular formula is C24H23F3N4. The van der Waals surface area contributed by atoms with E-state index in [2.05, 4.69) is 40.5 Å². The van der Waals surface area contributed by atoms with Crippen molar-refractivity contribution in [3.8, 4) is 0 Å². The van der Waals surface area contributed by atoms with Crippen molar-refractivity contribution in [1.82, 2.24) is 14.9 Å². The van der Waals surface area contributed by atoms with Crippen LogP contribution < -0.4 is 4.90 Å². The molecule has 3 heterocycles. The maximum absolute atomic E-state index is 14.8.